The molecule has 0 bridgehead atoms. The molecule has 0 rings (SSSR count). The molecule has 182 valence electrons. The van der Waals surface area contributed by atoms with Gasteiger partial charge in [-0.05, 0) is 12.8 Å². The maximum atomic E-state index is 5.63. The van der Waals surface area contributed by atoms with Crippen LogP contribution in [-0.2, 0) is 18.9 Å². The van der Waals surface area contributed by atoms with Crippen LogP contribution in [0.2, 0.25) is 0 Å². The number of ether oxygens (including phenoxy) is 4. The summed E-state index contributed by atoms with van der Waals surface area (Å²) in [7, 11) is 0. The molecule has 0 aromatic heterocycles. The highest BCUT2D eigenvalue weighted by atomic mass is 16.6. The third-order valence-electron chi connectivity index (χ3n) is 5.40. The Kier molecular flexibility index (Phi) is 28.7. The summed E-state index contributed by atoms with van der Waals surface area (Å²) in [5.41, 5.74) is 0. The Hall–Kier alpha value is -0.160. The van der Waals surface area contributed by atoms with Crippen molar-refractivity contribution in [3.05, 3.63) is 0 Å². The zero-order valence-electron chi connectivity index (χ0n) is 20.6. The van der Waals surface area contributed by atoms with Gasteiger partial charge in [-0.25, -0.2) is 0 Å². The molecular weight excluding hydrogens is 376 g/mol. The highest BCUT2D eigenvalue weighted by Crippen LogP contribution is 2.10. The molecule has 0 aliphatic heterocycles. The molecule has 0 radical (unpaired) electrons. The topological polar surface area (TPSA) is 36.9 Å². The fourth-order valence-electron chi connectivity index (χ4n) is 3.44. The lowest BCUT2D eigenvalue weighted by Crippen LogP contribution is -2.12. The highest BCUT2D eigenvalue weighted by molar-refractivity contribution is 4.47. The van der Waals surface area contributed by atoms with Gasteiger partial charge >= 0.3 is 0 Å². The van der Waals surface area contributed by atoms with E-state index in [1.54, 1.807) is 0 Å². The lowest BCUT2D eigenvalue weighted by atomic mass is 10.1. The minimum Gasteiger partial charge on any atom is -0.379 e. The maximum Gasteiger partial charge on any atom is 0.0701 e. The summed E-state index contributed by atoms with van der Waals surface area (Å²) >= 11 is 0. The molecule has 0 aromatic carbocycles. The van der Waals surface area contributed by atoms with Gasteiger partial charge in [-0.2, -0.15) is 0 Å². The fourth-order valence-corrected chi connectivity index (χ4v) is 3.44. The Bertz CT molecular complexity index is 258. The molecule has 0 heterocycles. The zero-order chi connectivity index (χ0) is 21.8. The third-order valence-corrected chi connectivity index (χ3v) is 5.40. The van der Waals surface area contributed by atoms with E-state index >= 15 is 0 Å². The largest absolute Gasteiger partial charge is 0.379 e. The first kappa shape index (κ1) is 29.8. The first-order chi connectivity index (χ1) is 14.9. The second-order valence-corrected chi connectivity index (χ2v) is 8.40. The molecule has 0 N–H and O–H groups in total. The zero-order valence-corrected chi connectivity index (χ0v) is 20.6. The minimum atomic E-state index is 0.638. The molecule has 0 spiro atoms. The van der Waals surface area contributed by atoms with Crippen molar-refractivity contribution in [2.45, 2.75) is 117 Å². The molecule has 0 saturated heterocycles. The van der Waals surface area contributed by atoms with Crippen molar-refractivity contribution in [1.82, 2.24) is 0 Å². The molecule has 0 aliphatic carbocycles. The van der Waals surface area contributed by atoms with Crippen LogP contribution >= 0.6 is 0 Å². The SMILES string of the molecule is CCCCCCCCCCCCOCCOCCOCCOCCCCCCCC. The molecule has 0 fully saturated rings. The summed E-state index contributed by atoms with van der Waals surface area (Å²) in [4.78, 5) is 0. The predicted molar refractivity (Wildman–Crippen MR) is 128 cm³/mol. The van der Waals surface area contributed by atoms with Crippen LogP contribution in [0, 0.1) is 0 Å². The molecule has 0 saturated carbocycles. The van der Waals surface area contributed by atoms with E-state index in [0.29, 0.717) is 39.6 Å². The van der Waals surface area contributed by atoms with Crippen LogP contribution in [0.3, 0.4) is 0 Å². The lowest BCUT2D eigenvalue weighted by Gasteiger charge is -2.08. The quantitative estimate of drug-likeness (QED) is 0.128. The van der Waals surface area contributed by atoms with Gasteiger partial charge in [0.2, 0.25) is 0 Å². The number of unbranched alkanes of at least 4 members (excludes halogenated alkanes) is 14. The fraction of sp³-hybridized carbons (Fsp3) is 1.00. The van der Waals surface area contributed by atoms with Crippen molar-refractivity contribution in [3.63, 3.8) is 0 Å². The third kappa shape index (κ3) is 27.8. The molecule has 0 amide bonds. The normalized spacial score (nSPS) is 11.4. The lowest BCUT2D eigenvalue weighted by molar-refractivity contribution is -0.00248. The van der Waals surface area contributed by atoms with Crippen LogP contribution in [0.25, 0.3) is 0 Å². The Morgan fingerprint density at radius 3 is 0.800 bits per heavy atom. The van der Waals surface area contributed by atoms with E-state index < -0.39 is 0 Å². The first-order valence-corrected chi connectivity index (χ1v) is 13.2. The summed E-state index contributed by atoms with van der Waals surface area (Å²) < 4.78 is 22.3. The number of hydrogen-bond acceptors (Lipinski definition) is 4. The van der Waals surface area contributed by atoms with Crippen LogP contribution in [0.5, 0.6) is 0 Å². The molecule has 4 heteroatoms. The number of hydrogen-bond donors (Lipinski definition) is 0. The molecule has 0 unspecified atom stereocenters. The monoisotopic (exact) mass is 430 g/mol. The Morgan fingerprint density at radius 2 is 0.500 bits per heavy atom. The van der Waals surface area contributed by atoms with Gasteiger partial charge in [0.25, 0.3) is 0 Å². The summed E-state index contributed by atoms with van der Waals surface area (Å²) in [6.07, 6.45) is 21.5. The van der Waals surface area contributed by atoms with E-state index in [1.165, 1.54) is 103 Å². The van der Waals surface area contributed by atoms with E-state index in [2.05, 4.69) is 13.8 Å². The first-order valence-electron chi connectivity index (χ1n) is 13.2. The summed E-state index contributed by atoms with van der Waals surface area (Å²) in [5.74, 6) is 0. The molecule has 0 atom stereocenters. The van der Waals surface area contributed by atoms with E-state index in [4.69, 9.17) is 18.9 Å². The summed E-state index contributed by atoms with van der Waals surface area (Å²) in [5, 5.41) is 0. The molecule has 30 heavy (non-hydrogen) atoms. The van der Waals surface area contributed by atoms with Gasteiger partial charge in [-0.15, -0.1) is 0 Å². The van der Waals surface area contributed by atoms with Crippen molar-refractivity contribution in [2.24, 2.45) is 0 Å². The standard InChI is InChI=1S/C26H54O4/c1-3-5-7-9-11-12-13-14-16-18-20-28-22-24-30-26-25-29-23-21-27-19-17-15-10-8-6-4-2/h3-26H2,1-2H3. The van der Waals surface area contributed by atoms with Crippen molar-refractivity contribution in [2.75, 3.05) is 52.9 Å². The smallest absolute Gasteiger partial charge is 0.0701 e. The van der Waals surface area contributed by atoms with Gasteiger partial charge in [0.1, 0.15) is 0 Å². The molecular formula is C26H54O4. The van der Waals surface area contributed by atoms with E-state index in [1.807, 2.05) is 0 Å². The predicted octanol–water partition coefficient (Wildman–Crippen LogP) is 7.33. The summed E-state index contributed by atoms with van der Waals surface area (Å²) in [6, 6.07) is 0. The van der Waals surface area contributed by atoms with Crippen molar-refractivity contribution < 1.29 is 18.9 Å². The van der Waals surface area contributed by atoms with Crippen LogP contribution in [0.15, 0.2) is 0 Å². The van der Waals surface area contributed by atoms with Crippen molar-refractivity contribution in [1.29, 1.82) is 0 Å². The average Bonchev–Trinajstić information content (AvgIpc) is 2.76. The van der Waals surface area contributed by atoms with Crippen LogP contribution < -0.4 is 0 Å². The van der Waals surface area contributed by atoms with Crippen molar-refractivity contribution >= 4 is 0 Å². The Balaban J connectivity index is 2.97. The van der Waals surface area contributed by atoms with Gasteiger partial charge < -0.3 is 18.9 Å². The van der Waals surface area contributed by atoms with Gasteiger partial charge in [-0.1, -0.05) is 104 Å². The molecule has 0 aliphatic rings. The van der Waals surface area contributed by atoms with Gasteiger partial charge in [0.05, 0.1) is 39.6 Å². The maximum absolute atomic E-state index is 5.63. The van der Waals surface area contributed by atoms with Gasteiger partial charge in [0.15, 0.2) is 0 Å². The summed E-state index contributed by atoms with van der Waals surface area (Å²) in [6.45, 7) is 10.2. The Morgan fingerprint density at radius 1 is 0.267 bits per heavy atom. The second kappa shape index (κ2) is 28.8. The molecule has 0 aromatic rings. The van der Waals surface area contributed by atoms with Gasteiger partial charge in [-0.3, -0.25) is 0 Å². The number of rotatable bonds is 27. The van der Waals surface area contributed by atoms with Crippen LogP contribution in [0.1, 0.15) is 117 Å². The van der Waals surface area contributed by atoms with Crippen LogP contribution in [-0.4, -0.2) is 52.9 Å². The van der Waals surface area contributed by atoms with Crippen molar-refractivity contribution in [3.8, 4) is 0 Å². The Labute approximate surface area is 188 Å². The minimum absolute atomic E-state index is 0.638. The highest BCUT2D eigenvalue weighted by Gasteiger charge is 1.95. The van der Waals surface area contributed by atoms with E-state index in [9.17, 15) is 0 Å². The van der Waals surface area contributed by atoms with E-state index in [-0.39, 0.29) is 0 Å². The molecule has 4 nitrogen and oxygen atoms in total. The average molecular weight is 431 g/mol. The van der Waals surface area contributed by atoms with Gasteiger partial charge in [0, 0.05) is 13.2 Å². The second-order valence-electron chi connectivity index (χ2n) is 8.40. The van der Waals surface area contributed by atoms with E-state index in [0.717, 1.165) is 13.2 Å². The van der Waals surface area contributed by atoms with Crippen LogP contribution in [0.4, 0.5) is 0 Å².